The van der Waals surface area contributed by atoms with E-state index in [9.17, 15) is 13.6 Å². The molecule has 0 aliphatic rings. The average Bonchev–Trinajstić information content (AvgIpc) is 3.19. The zero-order chi connectivity index (χ0) is 20.0. The van der Waals surface area contributed by atoms with Gasteiger partial charge in [0.25, 0.3) is 5.56 Å². The Morgan fingerprint density at radius 2 is 1.79 bits per heavy atom. The van der Waals surface area contributed by atoms with Gasteiger partial charge in [-0.25, -0.2) is 13.8 Å². The van der Waals surface area contributed by atoms with E-state index < -0.39 is 17.2 Å². The van der Waals surface area contributed by atoms with E-state index in [-0.39, 0.29) is 12.1 Å². The van der Waals surface area contributed by atoms with E-state index in [0.717, 1.165) is 17.1 Å². The summed E-state index contributed by atoms with van der Waals surface area (Å²) in [5.41, 5.74) is 2.18. The molecule has 5 rings (SSSR count). The number of aromatic amines is 1. The second-order valence-electron chi connectivity index (χ2n) is 6.64. The molecule has 1 N–H and O–H groups in total. The SMILES string of the molecule is O=c1cnc2ccncc2n1Cc1c(F)cc(-c2ccc3[nH]ncc3c2)cc1F. The zero-order valence-electron chi connectivity index (χ0n) is 14.9. The summed E-state index contributed by atoms with van der Waals surface area (Å²) in [6.45, 7) is -0.262. The predicted octanol–water partition coefficient (Wildman–Crippen LogP) is 3.66. The Labute approximate surface area is 162 Å². The Hall–Kier alpha value is -3.94. The van der Waals surface area contributed by atoms with Crippen LogP contribution in [0.3, 0.4) is 0 Å². The lowest BCUT2D eigenvalue weighted by atomic mass is 10.0. The summed E-state index contributed by atoms with van der Waals surface area (Å²) in [6.07, 6.45) is 5.77. The van der Waals surface area contributed by atoms with Crippen LogP contribution >= 0.6 is 0 Å². The van der Waals surface area contributed by atoms with Crippen LogP contribution in [0.4, 0.5) is 8.78 Å². The first-order valence-corrected chi connectivity index (χ1v) is 8.81. The molecule has 0 saturated heterocycles. The first-order chi connectivity index (χ1) is 14.1. The molecule has 0 atom stereocenters. The number of hydrogen-bond donors (Lipinski definition) is 1. The lowest BCUT2D eigenvalue weighted by Crippen LogP contribution is -2.22. The van der Waals surface area contributed by atoms with Gasteiger partial charge in [0.05, 0.1) is 41.7 Å². The number of hydrogen-bond acceptors (Lipinski definition) is 4. The van der Waals surface area contributed by atoms with Crippen LogP contribution in [0.2, 0.25) is 0 Å². The number of fused-ring (bicyclic) bond motifs is 2. The van der Waals surface area contributed by atoms with Crippen molar-refractivity contribution in [1.82, 2.24) is 24.7 Å². The van der Waals surface area contributed by atoms with Crippen LogP contribution < -0.4 is 5.56 Å². The third-order valence-corrected chi connectivity index (χ3v) is 4.88. The lowest BCUT2D eigenvalue weighted by Gasteiger charge is -2.12. The van der Waals surface area contributed by atoms with Gasteiger partial charge in [0.15, 0.2) is 0 Å². The van der Waals surface area contributed by atoms with Gasteiger partial charge in [-0.2, -0.15) is 5.10 Å². The minimum absolute atomic E-state index is 0.198. The van der Waals surface area contributed by atoms with Gasteiger partial charge in [0.1, 0.15) is 11.6 Å². The number of nitrogens with one attached hydrogen (secondary N) is 1. The van der Waals surface area contributed by atoms with Crippen molar-refractivity contribution in [3.63, 3.8) is 0 Å². The fraction of sp³-hybridized carbons (Fsp3) is 0.0476. The molecule has 0 aliphatic carbocycles. The van der Waals surface area contributed by atoms with E-state index in [1.807, 2.05) is 0 Å². The summed E-state index contributed by atoms with van der Waals surface area (Å²) in [7, 11) is 0. The molecule has 0 spiro atoms. The molecule has 3 heterocycles. The second kappa shape index (κ2) is 6.59. The highest BCUT2D eigenvalue weighted by atomic mass is 19.1. The van der Waals surface area contributed by atoms with Gasteiger partial charge in [-0.1, -0.05) is 6.07 Å². The van der Waals surface area contributed by atoms with E-state index in [1.54, 1.807) is 30.5 Å². The number of benzene rings is 2. The number of H-pyrrole nitrogens is 1. The van der Waals surface area contributed by atoms with E-state index >= 15 is 0 Å². The molecule has 0 amide bonds. The first kappa shape index (κ1) is 17.2. The summed E-state index contributed by atoms with van der Waals surface area (Å²) in [4.78, 5) is 20.3. The smallest absolute Gasteiger partial charge is 0.269 e. The summed E-state index contributed by atoms with van der Waals surface area (Å²) < 4.78 is 31.0. The molecule has 0 radical (unpaired) electrons. The van der Waals surface area contributed by atoms with Crippen LogP contribution in [0, 0.1) is 11.6 Å². The molecule has 0 unspecified atom stereocenters. The van der Waals surface area contributed by atoms with Crippen molar-refractivity contribution in [2.75, 3.05) is 0 Å². The Bertz CT molecular complexity index is 1420. The molecule has 3 aromatic heterocycles. The molecule has 8 heteroatoms. The summed E-state index contributed by atoms with van der Waals surface area (Å²) in [5.74, 6) is -1.46. The number of aromatic nitrogens is 5. The monoisotopic (exact) mass is 389 g/mol. The molecule has 0 bridgehead atoms. The Balaban J connectivity index is 1.59. The third-order valence-electron chi connectivity index (χ3n) is 4.88. The summed E-state index contributed by atoms with van der Waals surface area (Å²) >= 11 is 0. The average molecular weight is 389 g/mol. The molecule has 2 aromatic carbocycles. The van der Waals surface area contributed by atoms with Crippen LogP contribution in [0.1, 0.15) is 5.56 Å². The van der Waals surface area contributed by atoms with Gasteiger partial charge in [0, 0.05) is 17.1 Å². The summed E-state index contributed by atoms with van der Waals surface area (Å²) in [5, 5.41) is 7.63. The highest BCUT2D eigenvalue weighted by molar-refractivity contribution is 5.84. The van der Waals surface area contributed by atoms with E-state index in [4.69, 9.17) is 0 Å². The van der Waals surface area contributed by atoms with Gasteiger partial charge < -0.3 is 0 Å². The third kappa shape index (κ3) is 2.94. The molecule has 5 aromatic rings. The van der Waals surface area contributed by atoms with Gasteiger partial charge in [-0.15, -0.1) is 0 Å². The van der Waals surface area contributed by atoms with Gasteiger partial charge in [0.2, 0.25) is 0 Å². The van der Waals surface area contributed by atoms with Crippen molar-refractivity contribution in [2.24, 2.45) is 0 Å². The fourth-order valence-corrected chi connectivity index (χ4v) is 3.37. The standard InChI is InChI=1S/C21H13F2N5O/c22-16-6-13(12-1-2-18-14(5-12)8-26-27-18)7-17(23)15(16)11-28-20-9-24-4-3-19(20)25-10-21(28)29/h1-10H,11H2,(H,26,27). The lowest BCUT2D eigenvalue weighted by molar-refractivity contribution is 0.545. The van der Waals surface area contributed by atoms with Crippen molar-refractivity contribution in [3.05, 3.63) is 88.7 Å². The van der Waals surface area contributed by atoms with Crippen LogP contribution in [0.15, 0.2) is 66.0 Å². The van der Waals surface area contributed by atoms with Crippen molar-refractivity contribution >= 4 is 21.9 Å². The van der Waals surface area contributed by atoms with Crippen molar-refractivity contribution in [1.29, 1.82) is 0 Å². The Morgan fingerprint density at radius 3 is 2.62 bits per heavy atom. The van der Waals surface area contributed by atoms with Crippen molar-refractivity contribution < 1.29 is 8.78 Å². The maximum Gasteiger partial charge on any atom is 0.269 e. The van der Waals surface area contributed by atoms with E-state index in [1.165, 1.54) is 29.1 Å². The molecule has 29 heavy (non-hydrogen) atoms. The largest absolute Gasteiger partial charge is 0.299 e. The predicted molar refractivity (Wildman–Crippen MR) is 104 cm³/mol. The number of nitrogens with zero attached hydrogens (tertiary/aromatic N) is 4. The zero-order valence-corrected chi connectivity index (χ0v) is 14.9. The highest BCUT2D eigenvalue weighted by Crippen LogP contribution is 2.27. The fourth-order valence-electron chi connectivity index (χ4n) is 3.37. The van der Waals surface area contributed by atoms with Crippen LogP contribution in [0.5, 0.6) is 0 Å². The molecule has 6 nitrogen and oxygen atoms in total. The highest BCUT2D eigenvalue weighted by Gasteiger charge is 2.15. The topological polar surface area (TPSA) is 76.5 Å². The van der Waals surface area contributed by atoms with E-state index in [2.05, 4.69) is 20.2 Å². The molecule has 142 valence electrons. The molecule has 0 fully saturated rings. The summed E-state index contributed by atoms with van der Waals surface area (Å²) in [6, 6.07) is 9.54. The maximum absolute atomic E-state index is 14.9. The number of rotatable bonds is 3. The number of pyridine rings is 1. The Kier molecular flexibility index (Phi) is 3.90. The minimum atomic E-state index is -0.729. The van der Waals surface area contributed by atoms with Gasteiger partial charge in [-0.05, 0) is 41.5 Å². The quantitative estimate of drug-likeness (QED) is 0.511. The maximum atomic E-state index is 14.9. The minimum Gasteiger partial charge on any atom is -0.299 e. The van der Waals surface area contributed by atoms with Gasteiger partial charge >= 0.3 is 0 Å². The number of halogens is 2. The molecule has 0 saturated carbocycles. The van der Waals surface area contributed by atoms with Gasteiger partial charge in [-0.3, -0.25) is 19.4 Å². The first-order valence-electron chi connectivity index (χ1n) is 8.81. The molecular formula is C21H13F2N5O. The van der Waals surface area contributed by atoms with E-state index in [0.29, 0.717) is 22.2 Å². The van der Waals surface area contributed by atoms with Crippen molar-refractivity contribution in [2.45, 2.75) is 6.54 Å². The van der Waals surface area contributed by atoms with Crippen LogP contribution in [-0.2, 0) is 6.54 Å². The Morgan fingerprint density at radius 1 is 0.966 bits per heavy atom. The van der Waals surface area contributed by atoms with Crippen molar-refractivity contribution in [3.8, 4) is 11.1 Å². The molecule has 0 aliphatic heterocycles. The normalized spacial score (nSPS) is 11.4. The second-order valence-corrected chi connectivity index (χ2v) is 6.64. The van der Waals surface area contributed by atoms with Crippen LogP contribution in [-0.4, -0.2) is 24.7 Å². The van der Waals surface area contributed by atoms with Crippen LogP contribution in [0.25, 0.3) is 33.1 Å². The molecular weight excluding hydrogens is 376 g/mol.